The van der Waals surface area contributed by atoms with Crippen molar-refractivity contribution in [2.75, 3.05) is 0 Å². The molecule has 0 radical (unpaired) electrons. The molecule has 0 amide bonds. The van der Waals surface area contributed by atoms with Crippen molar-refractivity contribution in [3.05, 3.63) is 95.1 Å². The van der Waals surface area contributed by atoms with Crippen LogP contribution < -0.4 is 0 Å². The quantitative estimate of drug-likeness (QED) is 0.421. The average Bonchev–Trinajstić information content (AvgIpc) is 2.66. The summed E-state index contributed by atoms with van der Waals surface area (Å²) in [7, 11) is 0. The maximum absolute atomic E-state index is 2.27. The lowest BCUT2D eigenvalue weighted by molar-refractivity contribution is 0.796. The molecule has 0 aliphatic rings. The third-order valence-corrected chi connectivity index (χ3v) is 4.60. The maximum atomic E-state index is 2.27. The van der Waals surface area contributed by atoms with Gasteiger partial charge in [0, 0.05) is 0 Å². The predicted molar refractivity (Wildman–Crippen MR) is 111 cm³/mol. The third-order valence-electron chi connectivity index (χ3n) is 4.60. The molecule has 0 unspecified atom stereocenters. The van der Waals surface area contributed by atoms with E-state index in [1.807, 2.05) is 0 Å². The summed E-state index contributed by atoms with van der Waals surface area (Å²) in [5.41, 5.74) is 7.92. The lowest BCUT2D eigenvalue weighted by atomic mass is 9.92. The standard InChI is InChI=1S/C25H26/c1-3-4-9-22-10-5-7-12-24(22)25-13-8-6-11-23(25)19-18-21-16-14-20(2)15-17-21/h5-8,10-19H,3-4,9H2,1-2H3/b19-18+. The van der Waals surface area contributed by atoms with E-state index in [0.717, 1.165) is 6.42 Å². The van der Waals surface area contributed by atoms with Gasteiger partial charge in [-0.3, -0.25) is 0 Å². The zero-order chi connectivity index (χ0) is 17.5. The first kappa shape index (κ1) is 17.2. The van der Waals surface area contributed by atoms with Crippen LogP contribution in [-0.4, -0.2) is 0 Å². The van der Waals surface area contributed by atoms with E-state index in [4.69, 9.17) is 0 Å². The van der Waals surface area contributed by atoms with E-state index < -0.39 is 0 Å². The Hall–Kier alpha value is -2.60. The highest BCUT2D eigenvalue weighted by molar-refractivity contribution is 5.82. The first-order chi connectivity index (χ1) is 12.3. The van der Waals surface area contributed by atoms with Crippen LogP contribution >= 0.6 is 0 Å². The van der Waals surface area contributed by atoms with Gasteiger partial charge in [-0.2, -0.15) is 0 Å². The number of hydrogen-bond acceptors (Lipinski definition) is 0. The van der Waals surface area contributed by atoms with Crippen LogP contribution in [0.25, 0.3) is 23.3 Å². The van der Waals surface area contributed by atoms with Gasteiger partial charge in [0.05, 0.1) is 0 Å². The van der Waals surface area contributed by atoms with Gasteiger partial charge < -0.3 is 0 Å². The van der Waals surface area contributed by atoms with E-state index >= 15 is 0 Å². The lowest BCUT2D eigenvalue weighted by Gasteiger charge is -2.12. The molecule has 0 bridgehead atoms. The Bertz CT molecular complexity index is 838. The van der Waals surface area contributed by atoms with Gasteiger partial charge in [0.1, 0.15) is 0 Å². The monoisotopic (exact) mass is 326 g/mol. The molecule has 0 atom stereocenters. The molecule has 0 spiro atoms. The Kier molecular flexibility index (Phi) is 5.85. The van der Waals surface area contributed by atoms with Gasteiger partial charge in [-0.15, -0.1) is 0 Å². The highest BCUT2D eigenvalue weighted by atomic mass is 14.1. The highest BCUT2D eigenvalue weighted by Gasteiger charge is 2.07. The van der Waals surface area contributed by atoms with E-state index in [2.05, 4.69) is 98.8 Å². The molecule has 0 heteroatoms. The van der Waals surface area contributed by atoms with E-state index in [-0.39, 0.29) is 0 Å². The molecule has 0 aromatic heterocycles. The van der Waals surface area contributed by atoms with E-state index in [1.165, 1.54) is 46.2 Å². The molecule has 0 fully saturated rings. The van der Waals surface area contributed by atoms with Crippen molar-refractivity contribution in [2.45, 2.75) is 33.1 Å². The average molecular weight is 326 g/mol. The number of benzene rings is 3. The van der Waals surface area contributed by atoms with Gasteiger partial charge in [-0.1, -0.05) is 104 Å². The van der Waals surface area contributed by atoms with Crippen LogP contribution in [0.5, 0.6) is 0 Å². The zero-order valence-electron chi connectivity index (χ0n) is 15.2. The fourth-order valence-corrected chi connectivity index (χ4v) is 3.12. The van der Waals surface area contributed by atoms with E-state index in [0.29, 0.717) is 0 Å². The molecule has 0 N–H and O–H groups in total. The first-order valence-corrected chi connectivity index (χ1v) is 9.20. The number of unbranched alkanes of at least 4 members (excludes halogenated alkanes) is 1. The second-order valence-electron chi connectivity index (χ2n) is 6.59. The number of rotatable bonds is 6. The Morgan fingerprint density at radius 2 is 1.40 bits per heavy atom. The molecule has 25 heavy (non-hydrogen) atoms. The summed E-state index contributed by atoms with van der Waals surface area (Å²) in [5, 5.41) is 0. The molecule has 3 aromatic rings. The van der Waals surface area contributed by atoms with Crippen LogP contribution in [0.15, 0.2) is 72.8 Å². The summed E-state index contributed by atoms with van der Waals surface area (Å²) in [6.07, 6.45) is 8.04. The maximum Gasteiger partial charge on any atom is -0.0109 e. The lowest BCUT2D eigenvalue weighted by Crippen LogP contribution is -1.92. The summed E-state index contributed by atoms with van der Waals surface area (Å²) in [6, 6.07) is 26.2. The fourth-order valence-electron chi connectivity index (χ4n) is 3.12. The summed E-state index contributed by atoms with van der Waals surface area (Å²) in [5.74, 6) is 0. The number of hydrogen-bond donors (Lipinski definition) is 0. The van der Waals surface area contributed by atoms with Crippen molar-refractivity contribution in [1.82, 2.24) is 0 Å². The Balaban J connectivity index is 1.95. The van der Waals surface area contributed by atoms with Gasteiger partial charge in [-0.25, -0.2) is 0 Å². The molecule has 0 saturated carbocycles. The minimum atomic E-state index is 1.14. The SMILES string of the molecule is CCCCc1ccccc1-c1ccccc1/C=C/c1ccc(C)cc1. The molecule has 0 nitrogen and oxygen atoms in total. The van der Waals surface area contributed by atoms with Crippen molar-refractivity contribution in [3.8, 4) is 11.1 Å². The first-order valence-electron chi connectivity index (χ1n) is 9.20. The van der Waals surface area contributed by atoms with E-state index in [1.54, 1.807) is 0 Å². The van der Waals surface area contributed by atoms with Gasteiger partial charge in [0.25, 0.3) is 0 Å². The largest absolute Gasteiger partial charge is 0.0654 e. The molecule has 0 heterocycles. The minimum absolute atomic E-state index is 1.14. The van der Waals surface area contributed by atoms with E-state index in [9.17, 15) is 0 Å². The Morgan fingerprint density at radius 3 is 2.16 bits per heavy atom. The summed E-state index contributed by atoms with van der Waals surface area (Å²) in [4.78, 5) is 0. The van der Waals surface area contributed by atoms with Crippen molar-refractivity contribution in [2.24, 2.45) is 0 Å². The van der Waals surface area contributed by atoms with Gasteiger partial charge in [0.15, 0.2) is 0 Å². The molecule has 126 valence electrons. The second-order valence-corrected chi connectivity index (χ2v) is 6.59. The van der Waals surface area contributed by atoms with Crippen molar-refractivity contribution in [1.29, 1.82) is 0 Å². The van der Waals surface area contributed by atoms with Crippen LogP contribution in [0.1, 0.15) is 42.0 Å². The summed E-state index contributed by atoms with van der Waals surface area (Å²) in [6.45, 7) is 4.37. The fraction of sp³-hybridized carbons (Fsp3) is 0.200. The molecular weight excluding hydrogens is 300 g/mol. The Labute approximate surface area is 151 Å². The topological polar surface area (TPSA) is 0 Å². The van der Waals surface area contributed by atoms with Crippen LogP contribution in [0.2, 0.25) is 0 Å². The normalized spacial score (nSPS) is 11.1. The predicted octanol–water partition coefficient (Wildman–Crippen LogP) is 7.18. The molecule has 0 aliphatic heterocycles. The van der Waals surface area contributed by atoms with Crippen molar-refractivity contribution >= 4 is 12.2 Å². The zero-order valence-corrected chi connectivity index (χ0v) is 15.2. The molecule has 0 aliphatic carbocycles. The van der Waals surface area contributed by atoms with Gasteiger partial charge in [0.2, 0.25) is 0 Å². The van der Waals surface area contributed by atoms with Crippen molar-refractivity contribution < 1.29 is 0 Å². The molecule has 3 aromatic carbocycles. The minimum Gasteiger partial charge on any atom is -0.0654 e. The second kappa shape index (κ2) is 8.48. The van der Waals surface area contributed by atoms with Gasteiger partial charge >= 0.3 is 0 Å². The molecule has 0 saturated heterocycles. The van der Waals surface area contributed by atoms with Gasteiger partial charge in [-0.05, 0) is 47.6 Å². The smallest absolute Gasteiger partial charge is 0.0109 e. The van der Waals surface area contributed by atoms with Crippen molar-refractivity contribution in [3.63, 3.8) is 0 Å². The van der Waals surface area contributed by atoms with Crippen LogP contribution in [0.3, 0.4) is 0 Å². The highest BCUT2D eigenvalue weighted by Crippen LogP contribution is 2.29. The summed E-state index contributed by atoms with van der Waals surface area (Å²) < 4.78 is 0. The third kappa shape index (κ3) is 4.48. The van der Waals surface area contributed by atoms with Crippen LogP contribution in [0.4, 0.5) is 0 Å². The van der Waals surface area contributed by atoms with Crippen LogP contribution in [0, 0.1) is 6.92 Å². The molecular formula is C25H26. The number of aryl methyl sites for hydroxylation is 2. The van der Waals surface area contributed by atoms with Crippen LogP contribution in [-0.2, 0) is 6.42 Å². The summed E-state index contributed by atoms with van der Waals surface area (Å²) >= 11 is 0. The Morgan fingerprint density at radius 1 is 0.720 bits per heavy atom. The molecule has 3 rings (SSSR count).